The van der Waals surface area contributed by atoms with Crippen LogP contribution < -0.4 is 11.1 Å². The second-order valence-electron chi connectivity index (χ2n) is 3.45. The standard InChI is InChI=1S/C9H20N2O3/c1-7(4-10)3-9(13)11-8(5-12)6-14-2/h7-8,12H,3-6,10H2,1-2H3,(H,11,13). The molecular formula is C9H20N2O3. The molecule has 0 aromatic rings. The molecule has 0 aliphatic carbocycles. The Bertz CT molecular complexity index is 164. The van der Waals surface area contributed by atoms with Crippen molar-refractivity contribution in [1.82, 2.24) is 5.32 Å². The smallest absolute Gasteiger partial charge is 0.220 e. The van der Waals surface area contributed by atoms with Crippen molar-refractivity contribution in [1.29, 1.82) is 0 Å². The Morgan fingerprint density at radius 1 is 1.64 bits per heavy atom. The number of methoxy groups -OCH3 is 1. The van der Waals surface area contributed by atoms with E-state index < -0.39 is 0 Å². The molecule has 0 heterocycles. The molecule has 0 bridgehead atoms. The summed E-state index contributed by atoms with van der Waals surface area (Å²) in [5.41, 5.74) is 5.39. The van der Waals surface area contributed by atoms with Gasteiger partial charge in [-0.15, -0.1) is 0 Å². The first-order valence-electron chi connectivity index (χ1n) is 4.73. The maximum absolute atomic E-state index is 11.3. The van der Waals surface area contributed by atoms with E-state index in [1.807, 2.05) is 6.92 Å². The molecule has 2 unspecified atom stereocenters. The second-order valence-corrected chi connectivity index (χ2v) is 3.45. The fourth-order valence-corrected chi connectivity index (χ4v) is 1.03. The number of nitrogens with one attached hydrogen (secondary N) is 1. The van der Waals surface area contributed by atoms with Crippen LogP contribution in [0.25, 0.3) is 0 Å². The maximum Gasteiger partial charge on any atom is 0.220 e. The van der Waals surface area contributed by atoms with Crippen molar-refractivity contribution in [3.8, 4) is 0 Å². The third-order valence-electron chi connectivity index (χ3n) is 1.89. The van der Waals surface area contributed by atoms with Gasteiger partial charge in [-0.05, 0) is 12.5 Å². The normalized spacial score (nSPS) is 14.9. The van der Waals surface area contributed by atoms with Crippen molar-refractivity contribution in [3.63, 3.8) is 0 Å². The second kappa shape index (κ2) is 7.73. The van der Waals surface area contributed by atoms with Crippen LogP contribution in [-0.4, -0.2) is 43.9 Å². The van der Waals surface area contributed by atoms with E-state index >= 15 is 0 Å². The summed E-state index contributed by atoms with van der Waals surface area (Å²) in [7, 11) is 1.53. The molecule has 1 amide bonds. The van der Waals surface area contributed by atoms with Gasteiger partial charge in [0, 0.05) is 13.5 Å². The molecule has 4 N–H and O–H groups in total. The van der Waals surface area contributed by atoms with Crippen LogP contribution in [0.3, 0.4) is 0 Å². The van der Waals surface area contributed by atoms with Crippen LogP contribution in [0.15, 0.2) is 0 Å². The van der Waals surface area contributed by atoms with Crippen LogP contribution in [0.1, 0.15) is 13.3 Å². The molecule has 0 aromatic heterocycles. The zero-order chi connectivity index (χ0) is 11.0. The van der Waals surface area contributed by atoms with Crippen molar-refractivity contribution >= 4 is 5.91 Å². The van der Waals surface area contributed by atoms with Crippen LogP contribution in [0.2, 0.25) is 0 Å². The lowest BCUT2D eigenvalue weighted by molar-refractivity contribution is -0.123. The minimum atomic E-state index is -0.322. The number of hydrogen-bond acceptors (Lipinski definition) is 4. The van der Waals surface area contributed by atoms with Gasteiger partial charge in [0.1, 0.15) is 0 Å². The Kier molecular flexibility index (Phi) is 7.37. The summed E-state index contributed by atoms with van der Waals surface area (Å²) in [6.45, 7) is 2.60. The first kappa shape index (κ1) is 13.4. The zero-order valence-corrected chi connectivity index (χ0v) is 8.82. The topological polar surface area (TPSA) is 84.6 Å². The average molecular weight is 204 g/mol. The number of carbonyl (C=O) groups excluding carboxylic acids is 1. The number of hydrogen-bond donors (Lipinski definition) is 3. The molecule has 0 radical (unpaired) electrons. The number of carbonyl (C=O) groups is 1. The highest BCUT2D eigenvalue weighted by molar-refractivity contribution is 5.76. The van der Waals surface area contributed by atoms with E-state index in [0.29, 0.717) is 19.6 Å². The van der Waals surface area contributed by atoms with Crippen molar-refractivity contribution < 1.29 is 14.6 Å². The van der Waals surface area contributed by atoms with E-state index in [9.17, 15) is 4.79 Å². The van der Waals surface area contributed by atoms with Gasteiger partial charge < -0.3 is 20.9 Å². The number of rotatable bonds is 7. The van der Waals surface area contributed by atoms with Crippen LogP contribution in [0, 0.1) is 5.92 Å². The van der Waals surface area contributed by atoms with E-state index in [1.165, 1.54) is 7.11 Å². The molecule has 0 fully saturated rings. The summed E-state index contributed by atoms with van der Waals surface area (Å²) < 4.78 is 4.83. The van der Waals surface area contributed by atoms with Crippen LogP contribution in [0.4, 0.5) is 0 Å². The van der Waals surface area contributed by atoms with Crippen LogP contribution in [0.5, 0.6) is 0 Å². The minimum absolute atomic E-state index is 0.0981. The quantitative estimate of drug-likeness (QED) is 0.501. The fourth-order valence-electron chi connectivity index (χ4n) is 1.03. The van der Waals surface area contributed by atoms with Gasteiger partial charge in [-0.25, -0.2) is 0 Å². The largest absolute Gasteiger partial charge is 0.394 e. The SMILES string of the molecule is COCC(CO)NC(=O)CC(C)CN. The average Bonchev–Trinajstić information content (AvgIpc) is 2.16. The molecule has 14 heavy (non-hydrogen) atoms. The third-order valence-corrected chi connectivity index (χ3v) is 1.89. The number of aliphatic hydroxyl groups is 1. The van der Waals surface area contributed by atoms with Gasteiger partial charge in [0.05, 0.1) is 19.3 Å². The third kappa shape index (κ3) is 5.90. The summed E-state index contributed by atoms with van der Waals surface area (Å²) in [5, 5.41) is 11.5. The van der Waals surface area contributed by atoms with E-state index in [0.717, 1.165) is 0 Å². The van der Waals surface area contributed by atoms with E-state index in [-0.39, 0.29) is 24.5 Å². The maximum atomic E-state index is 11.3. The van der Waals surface area contributed by atoms with Gasteiger partial charge in [0.15, 0.2) is 0 Å². The lowest BCUT2D eigenvalue weighted by Crippen LogP contribution is -2.41. The summed E-state index contributed by atoms with van der Waals surface area (Å²) in [4.78, 5) is 11.3. The van der Waals surface area contributed by atoms with Gasteiger partial charge in [-0.2, -0.15) is 0 Å². The molecule has 0 aliphatic heterocycles. The predicted molar refractivity (Wildman–Crippen MR) is 53.7 cm³/mol. The highest BCUT2D eigenvalue weighted by atomic mass is 16.5. The van der Waals surface area contributed by atoms with Crippen LogP contribution in [-0.2, 0) is 9.53 Å². The molecule has 5 heteroatoms. The Hall–Kier alpha value is -0.650. The molecular weight excluding hydrogens is 184 g/mol. The van der Waals surface area contributed by atoms with Crippen LogP contribution >= 0.6 is 0 Å². The Morgan fingerprint density at radius 2 is 2.29 bits per heavy atom. The van der Waals surface area contributed by atoms with E-state index in [1.54, 1.807) is 0 Å². The van der Waals surface area contributed by atoms with Gasteiger partial charge in [-0.3, -0.25) is 4.79 Å². The Morgan fingerprint density at radius 3 is 2.71 bits per heavy atom. The first-order valence-corrected chi connectivity index (χ1v) is 4.73. The minimum Gasteiger partial charge on any atom is -0.394 e. The number of nitrogens with two attached hydrogens (primary N) is 1. The van der Waals surface area contributed by atoms with Gasteiger partial charge in [-0.1, -0.05) is 6.92 Å². The lowest BCUT2D eigenvalue weighted by Gasteiger charge is -2.16. The molecule has 0 saturated carbocycles. The highest BCUT2D eigenvalue weighted by Crippen LogP contribution is 1.98. The van der Waals surface area contributed by atoms with Crippen molar-refractivity contribution in [2.75, 3.05) is 26.9 Å². The van der Waals surface area contributed by atoms with Gasteiger partial charge in [0.2, 0.25) is 5.91 Å². The van der Waals surface area contributed by atoms with Crippen molar-refractivity contribution in [2.24, 2.45) is 11.7 Å². The molecule has 2 atom stereocenters. The van der Waals surface area contributed by atoms with E-state index in [4.69, 9.17) is 15.6 Å². The number of aliphatic hydroxyl groups excluding tert-OH is 1. The molecule has 0 aromatic carbocycles. The monoisotopic (exact) mass is 204 g/mol. The molecule has 0 aliphatic rings. The molecule has 0 saturated heterocycles. The summed E-state index contributed by atoms with van der Waals surface area (Å²) in [6.07, 6.45) is 0.386. The zero-order valence-electron chi connectivity index (χ0n) is 8.82. The molecule has 0 rings (SSSR count). The fraction of sp³-hybridized carbons (Fsp3) is 0.889. The lowest BCUT2D eigenvalue weighted by atomic mass is 10.1. The summed E-state index contributed by atoms with van der Waals surface area (Å²) in [6, 6.07) is -0.322. The number of ether oxygens (including phenoxy) is 1. The van der Waals surface area contributed by atoms with Crippen molar-refractivity contribution in [2.45, 2.75) is 19.4 Å². The summed E-state index contributed by atoms with van der Waals surface area (Å²) in [5.74, 6) is 0.0657. The summed E-state index contributed by atoms with van der Waals surface area (Å²) >= 11 is 0. The first-order chi connectivity index (χ1) is 6.63. The van der Waals surface area contributed by atoms with E-state index in [2.05, 4.69) is 5.32 Å². The Balaban J connectivity index is 3.78. The van der Waals surface area contributed by atoms with Crippen molar-refractivity contribution in [3.05, 3.63) is 0 Å². The predicted octanol–water partition coefficient (Wildman–Crippen LogP) is -0.905. The Labute approximate surface area is 84.6 Å². The molecule has 0 spiro atoms. The molecule has 84 valence electrons. The van der Waals surface area contributed by atoms with Gasteiger partial charge in [0.25, 0.3) is 0 Å². The molecule has 5 nitrogen and oxygen atoms in total. The number of amides is 1. The van der Waals surface area contributed by atoms with Gasteiger partial charge >= 0.3 is 0 Å². The highest BCUT2D eigenvalue weighted by Gasteiger charge is 2.12.